The Hall–Kier alpha value is 0.200. The van der Waals surface area contributed by atoms with Gasteiger partial charge >= 0.3 is 0 Å². The van der Waals surface area contributed by atoms with Crippen LogP contribution in [-0.2, 0) is 0 Å². The molecular weight excluding hydrogens is 345 g/mol. The lowest BCUT2D eigenvalue weighted by Gasteiger charge is -2.20. The van der Waals surface area contributed by atoms with E-state index in [0.29, 0.717) is 6.04 Å². The van der Waals surface area contributed by atoms with Crippen LogP contribution in [0.4, 0.5) is 0 Å². The van der Waals surface area contributed by atoms with Crippen LogP contribution in [-0.4, -0.2) is 6.54 Å². The molecule has 1 aliphatic rings. The maximum absolute atomic E-state index is 6.12. The third kappa shape index (κ3) is 4.11. The van der Waals surface area contributed by atoms with Crippen LogP contribution in [0.1, 0.15) is 44.2 Å². The summed E-state index contributed by atoms with van der Waals surface area (Å²) in [5, 5.41) is 4.51. The number of halogens is 2. The molecule has 1 aromatic carbocycles. The lowest BCUT2D eigenvalue weighted by molar-refractivity contribution is 0.472. The Kier molecular flexibility index (Phi) is 5.12. The van der Waals surface area contributed by atoms with Gasteiger partial charge in [-0.25, -0.2) is 0 Å². The van der Waals surface area contributed by atoms with Crippen molar-refractivity contribution in [3.63, 3.8) is 0 Å². The SMILES string of the molecule is CCCNC(CC1CC1)c1cc(Cl)ccc1I. The fourth-order valence-corrected chi connectivity index (χ4v) is 3.00. The van der Waals surface area contributed by atoms with Gasteiger partial charge in [0.05, 0.1) is 0 Å². The number of hydrogen-bond acceptors (Lipinski definition) is 1. The van der Waals surface area contributed by atoms with Crippen LogP contribution in [0.2, 0.25) is 5.02 Å². The van der Waals surface area contributed by atoms with Crippen LogP contribution < -0.4 is 5.32 Å². The monoisotopic (exact) mass is 363 g/mol. The van der Waals surface area contributed by atoms with E-state index in [4.69, 9.17) is 11.6 Å². The van der Waals surface area contributed by atoms with E-state index >= 15 is 0 Å². The van der Waals surface area contributed by atoms with E-state index in [2.05, 4.69) is 47.0 Å². The van der Waals surface area contributed by atoms with Gasteiger partial charge in [-0.3, -0.25) is 0 Å². The number of nitrogens with one attached hydrogen (secondary N) is 1. The van der Waals surface area contributed by atoms with Crippen LogP contribution in [0.5, 0.6) is 0 Å². The topological polar surface area (TPSA) is 12.0 Å². The first-order valence-electron chi connectivity index (χ1n) is 6.39. The van der Waals surface area contributed by atoms with E-state index in [0.717, 1.165) is 17.5 Å². The quantitative estimate of drug-likeness (QED) is 0.717. The molecule has 1 atom stereocenters. The van der Waals surface area contributed by atoms with E-state index in [9.17, 15) is 0 Å². The Morgan fingerprint density at radius 2 is 2.24 bits per heavy atom. The van der Waals surface area contributed by atoms with Crippen LogP contribution in [0.3, 0.4) is 0 Å². The van der Waals surface area contributed by atoms with Crippen molar-refractivity contribution >= 4 is 34.2 Å². The van der Waals surface area contributed by atoms with Crippen molar-refractivity contribution in [1.82, 2.24) is 5.32 Å². The largest absolute Gasteiger partial charge is 0.310 e. The predicted molar refractivity (Wildman–Crippen MR) is 82.5 cm³/mol. The molecule has 1 unspecified atom stereocenters. The minimum atomic E-state index is 0.480. The summed E-state index contributed by atoms with van der Waals surface area (Å²) in [6.07, 6.45) is 5.25. The van der Waals surface area contributed by atoms with Crippen molar-refractivity contribution in [2.45, 2.75) is 38.6 Å². The van der Waals surface area contributed by atoms with E-state index < -0.39 is 0 Å². The first kappa shape index (κ1) is 13.6. The van der Waals surface area contributed by atoms with Crippen molar-refractivity contribution in [3.8, 4) is 0 Å². The number of benzene rings is 1. The van der Waals surface area contributed by atoms with Gasteiger partial charge in [0.1, 0.15) is 0 Å². The first-order valence-corrected chi connectivity index (χ1v) is 7.84. The molecule has 1 aliphatic carbocycles. The van der Waals surface area contributed by atoms with E-state index in [1.807, 2.05) is 6.07 Å². The predicted octanol–water partition coefficient (Wildman–Crippen LogP) is 4.79. The van der Waals surface area contributed by atoms with Crippen LogP contribution in [0.25, 0.3) is 0 Å². The fourth-order valence-electron chi connectivity index (χ4n) is 2.11. The summed E-state index contributed by atoms with van der Waals surface area (Å²) in [5.74, 6) is 0.930. The molecule has 0 heterocycles. The third-order valence-electron chi connectivity index (χ3n) is 3.24. The van der Waals surface area contributed by atoms with Gasteiger partial charge in [-0.1, -0.05) is 31.4 Å². The standard InChI is InChI=1S/C14H19ClIN/c1-2-7-17-14(8-10-3-4-10)12-9-11(15)5-6-13(12)16/h5-6,9-10,14,17H,2-4,7-8H2,1H3. The summed E-state index contributed by atoms with van der Waals surface area (Å²) < 4.78 is 1.32. The van der Waals surface area contributed by atoms with Gasteiger partial charge in [-0.2, -0.15) is 0 Å². The third-order valence-corrected chi connectivity index (χ3v) is 4.46. The molecule has 0 aliphatic heterocycles. The van der Waals surface area contributed by atoms with Gasteiger partial charge in [0.15, 0.2) is 0 Å². The Morgan fingerprint density at radius 1 is 1.47 bits per heavy atom. The molecule has 17 heavy (non-hydrogen) atoms. The molecule has 1 fully saturated rings. The molecular formula is C14H19ClIN. The molecule has 2 rings (SSSR count). The summed E-state index contributed by atoms with van der Waals surface area (Å²) in [5.41, 5.74) is 1.37. The summed E-state index contributed by atoms with van der Waals surface area (Å²) >= 11 is 8.53. The number of rotatable bonds is 6. The van der Waals surface area contributed by atoms with Gasteiger partial charge in [0.2, 0.25) is 0 Å². The first-order chi connectivity index (χ1) is 8.20. The molecule has 94 valence electrons. The van der Waals surface area contributed by atoms with Crippen molar-refractivity contribution in [1.29, 1.82) is 0 Å². The summed E-state index contributed by atoms with van der Waals surface area (Å²) in [4.78, 5) is 0. The Balaban J connectivity index is 2.13. The molecule has 1 N–H and O–H groups in total. The van der Waals surface area contributed by atoms with Crippen LogP contribution in [0.15, 0.2) is 18.2 Å². The minimum Gasteiger partial charge on any atom is -0.310 e. The smallest absolute Gasteiger partial charge is 0.0410 e. The summed E-state index contributed by atoms with van der Waals surface area (Å²) in [6, 6.07) is 6.69. The zero-order chi connectivity index (χ0) is 12.3. The molecule has 0 spiro atoms. The molecule has 0 aromatic heterocycles. The molecule has 3 heteroatoms. The van der Waals surface area contributed by atoms with E-state index in [-0.39, 0.29) is 0 Å². The van der Waals surface area contributed by atoms with Gasteiger partial charge in [-0.05, 0) is 71.7 Å². The van der Waals surface area contributed by atoms with Crippen molar-refractivity contribution < 1.29 is 0 Å². The highest BCUT2D eigenvalue weighted by molar-refractivity contribution is 14.1. The highest BCUT2D eigenvalue weighted by Gasteiger charge is 2.26. The van der Waals surface area contributed by atoms with E-state index in [1.165, 1.54) is 34.8 Å². The van der Waals surface area contributed by atoms with Gasteiger partial charge in [-0.15, -0.1) is 0 Å². The Bertz CT molecular complexity index is 376. The molecule has 0 amide bonds. The van der Waals surface area contributed by atoms with Crippen molar-refractivity contribution in [2.75, 3.05) is 6.54 Å². The molecule has 1 saturated carbocycles. The summed E-state index contributed by atoms with van der Waals surface area (Å²) in [6.45, 7) is 3.30. The Morgan fingerprint density at radius 3 is 2.88 bits per heavy atom. The molecule has 1 aromatic rings. The normalized spacial score (nSPS) is 17.1. The maximum atomic E-state index is 6.12. The molecule has 0 radical (unpaired) electrons. The highest BCUT2D eigenvalue weighted by atomic mass is 127. The van der Waals surface area contributed by atoms with Gasteiger partial charge in [0.25, 0.3) is 0 Å². The minimum absolute atomic E-state index is 0.480. The molecule has 0 saturated heterocycles. The zero-order valence-corrected chi connectivity index (χ0v) is 13.1. The lowest BCUT2D eigenvalue weighted by Crippen LogP contribution is -2.23. The summed E-state index contributed by atoms with van der Waals surface area (Å²) in [7, 11) is 0. The van der Waals surface area contributed by atoms with Gasteiger partial charge in [0, 0.05) is 14.6 Å². The maximum Gasteiger partial charge on any atom is 0.0410 e. The van der Waals surface area contributed by atoms with Gasteiger partial charge < -0.3 is 5.32 Å². The second-order valence-corrected chi connectivity index (χ2v) is 6.45. The average molecular weight is 364 g/mol. The fraction of sp³-hybridized carbons (Fsp3) is 0.571. The number of hydrogen-bond donors (Lipinski definition) is 1. The highest BCUT2D eigenvalue weighted by Crippen LogP contribution is 2.39. The Labute approximate surface area is 122 Å². The second kappa shape index (κ2) is 6.39. The molecule has 0 bridgehead atoms. The molecule has 1 nitrogen and oxygen atoms in total. The van der Waals surface area contributed by atoms with Crippen molar-refractivity contribution in [2.24, 2.45) is 5.92 Å². The van der Waals surface area contributed by atoms with Crippen LogP contribution in [0, 0.1) is 9.49 Å². The lowest BCUT2D eigenvalue weighted by atomic mass is 10.0. The zero-order valence-electron chi connectivity index (χ0n) is 10.2. The van der Waals surface area contributed by atoms with Crippen molar-refractivity contribution in [3.05, 3.63) is 32.4 Å². The second-order valence-electron chi connectivity index (χ2n) is 4.85. The van der Waals surface area contributed by atoms with E-state index in [1.54, 1.807) is 0 Å². The van der Waals surface area contributed by atoms with Crippen LogP contribution >= 0.6 is 34.2 Å². The average Bonchev–Trinajstić information content (AvgIpc) is 3.11.